The maximum Gasteiger partial charge on any atom is 0.263 e. The molecule has 23 heavy (non-hydrogen) atoms. The molecule has 1 aliphatic heterocycles. The molecule has 1 amide bonds. The lowest BCUT2D eigenvalue weighted by Crippen LogP contribution is -2.44. The Morgan fingerprint density at radius 2 is 1.96 bits per heavy atom. The molecule has 0 aromatic heterocycles. The van der Waals surface area contributed by atoms with Crippen molar-refractivity contribution in [3.63, 3.8) is 0 Å². The number of carbonyl (C=O) groups is 1. The Kier molecular flexibility index (Phi) is 6.92. The fourth-order valence-corrected chi connectivity index (χ4v) is 2.56. The Bertz CT molecular complexity index is 574. The van der Waals surface area contributed by atoms with Crippen molar-refractivity contribution in [1.29, 1.82) is 5.26 Å². The van der Waals surface area contributed by atoms with Crippen LogP contribution in [-0.2, 0) is 11.3 Å². The summed E-state index contributed by atoms with van der Waals surface area (Å²) in [6.07, 6.45) is 1.66. The van der Waals surface area contributed by atoms with Crippen molar-refractivity contribution in [3.8, 4) is 6.07 Å². The van der Waals surface area contributed by atoms with E-state index in [2.05, 4.69) is 22.3 Å². The third-order valence-electron chi connectivity index (χ3n) is 3.71. The Labute approximate surface area is 142 Å². The van der Waals surface area contributed by atoms with E-state index in [1.165, 1.54) is 5.56 Å². The lowest BCUT2D eigenvalue weighted by Gasteiger charge is -2.34. The van der Waals surface area contributed by atoms with E-state index in [1.807, 2.05) is 29.2 Å². The number of hydrogen-bond acceptors (Lipinski definition) is 4. The van der Waals surface area contributed by atoms with E-state index in [1.54, 1.807) is 6.20 Å². The Morgan fingerprint density at radius 3 is 2.57 bits per heavy atom. The van der Waals surface area contributed by atoms with Crippen molar-refractivity contribution < 1.29 is 4.79 Å². The van der Waals surface area contributed by atoms with E-state index in [4.69, 9.17) is 16.9 Å². The van der Waals surface area contributed by atoms with Crippen LogP contribution in [0.2, 0.25) is 0 Å². The van der Waals surface area contributed by atoms with E-state index in [9.17, 15) is 4.79 Å². The summed E-state index contributed by atoms with van der Waals surface area (Å²) < 4.78 is 0. The highest BCUT2D eigenvalue weighted by Gasteiger charge is 2.17. The molecule has 0 aliphatic carbocycles. The first-order valence-electron chi connectivity index (χ1n) is 7.69. The highest BCUT2D eigenvalue weighted by molar-refractivity contribution is 6.18. The predicted molar refractivity (Wildman–Crippen MR) is 90.7 cm³/mol. The van der Waals surface area contributed by atoms with Crippen LogP contribution in [0.25, 0.3) is 0 Å². The number of amides is 1. The first kappa shape index (κ1) is 17.3. The molecule has 2 rings (SSSR count). The first-order chi connectivity index (χ1) is 11.2. The van der Waals surface area contributed by atoms with E-state index in [-0.39, 0.29) is 11.5 Å². The van der Waals surface area contributed by atoms with Gasteiger partial charge >= 0.3 is 0 Å². The third kappa shape index (κ3) is 5.59. The molecule has 122 valence electrons. The summed E-state index contributed by atoms with van der Waals surface area (Å²) in [7, 11) is 0. The third-order valence-corrected chi connectivity index (χ3v) is 3.90. The van der Waals surface area contributed by atoms with Crippen molar-refractivity contribution in [3.05, 3.63) is 47.7 Å². The molecule has 1 fully saturated rings. The SMILES string of the molecule is N#C/C(=C/N1CCN(Cc2ccccc2)CC1)C(=O)NCCCl. The second kappa shape index (κ2) is 9.19. The van der Waals surface area contributed by atoms with Crippen LogP contribution in [0.5, 0.6) is 0 Å². The highest BCUT2D eigenvalue weighted by Crippen LogP contribution is 2.09. The summed E-state index contributed by atoms with van der Waals surface area (Å²) in [5.74, 6) is -0.0253. The maximum absolute atomic E-state index is 11.8. The average molecular weight is 333 g/mol. The molecule has 0 bridgehead atoms. The molecule has 1 heterocycles. The average Bonchev–Trinajstić information content (AvgIpc) is 2.60. The number of nitrogens with one attached hydrogen (secondary N) is 1. The van der Waals surface area contributed by atoms with E-state index in [0.29, 0.717) is 12.4 Å². The fraction of sp³-hybridized carbons (Fsp3) is 0.412. The maximum atomic E-state index is 11.8. The summed E-state index contributed by atoms with van der Waals surface area (Å²) in [5.41, 5.74) is 1.43. The largest absolute Gasteiger partial charge is 0.374 e. The Balaban J connectivity index is 1.84. The zero-order valence-electron chi connectivity index (χ0n) is 13.0. The smallest absolute Gasteiger partial charge is 0.263 e. The Hall–Kier alpha value is -2.03. The molecule has 1 aromatic rings. The van der Waals surface area contributed by atoms with Crippen molar-refractivity contribution in [2.45, 2.75) is 6.54 Å². The van der Waals surface area contributed by atoms with Crippen LogP contribution >= 0.6 is 11.6 Å². The van der Waals surface area contributed by atoms with Gasteiger partial charge in [-0.05, 0) is 5.56 Å². The van der Waals surface area contributed by atoms with E-state index < -0.39 is 0 Å². The van der Waals surface area contributed by atoms with Crippen LogP contribution in [0.15, 0.2) is 42.1 Å². The van der Waals surface area contributed by atoms with Gasteiger partial charge in [0.15, 0.2) is 0 Å². The van der Waals surface area contributed by atoms with Crippen molar-refractivity contribution in [2.24, 2.45) is 0 Å². The van der Waals surface area contributed by atoms with E-state index in [0.717, 1.165) is 32.7 Å². The van der Waals surface area contributed by atoms with Gasteiger partial charge in [-0.3, -0.25) is 9.69 Å². The number of rotatable bonds is 6. The molecule has 0 saturated carbocycles. The van der Waals surface area contributed by atoms with Gasteiger partial charge in [0.2, 0.25) is 0 Å². The normalized spacial score (nSPS) is 16.0. The molecule has 1 saturated heterocycles. The number of piperazine rings is 1. The number of benzene rings is 1. The molecule has 0 radical (unpaired) electrons. The molecule has 6 heteroatoms. The van der Waals surface area contributed by atoms with Gasteiger partial charge in [-0.1, -0.05) is 30.3 Å². The minimum absolute atomic E-state index is 0.131. The molecule has 1 aliphatic rings. The van der Waals surface area contributed by atoms with Crippen LogP contribution in [0.4, 0.5) is 0 Å². The number of alkyl halides is 1. The number of nitriles is 1. The van der Waals surface area contributed by atoms with Gasteiger partial charge in [-0.25, -0.2) is 0 Å². The number of hydrogen-bond donors (Lipinski definition) is 1. The fourth-order valence-electron chi connectivity index (χ4n) is 2.47. The van der Waals surface area contributed by atoms with Gasteiger partial charge in [0.05, 0.1) is 0 Å². The molecular formula is C17H21ClN4O. The summed E-state index contributed by atoms with van der Waals surface area (Å²) in [6.45, 7) is 4.73. The topological polar surface area (TPSA) is 59.4 Å². The van der Waals surface area contributed by atoms with Crippen molar-refractivity contribution >= 4 is 17.5 Å². The van der Waals surface area contributed by atoms with Gasteiger partial charge < -0.3 is 10.2 Å². The molecule has 5 nitrogen and oxygen atoms in total. The lowest BCUT2D eigenvalue weighted by molar-refractivity contribution is -0.117. The van der Waals surface area contributed by atoms with Gasteiger partial charge in [0.25, 0.3) is 5.91 Å². The predicted octanol–water partition coefficient (Wildman–Crippen LogP) is 1.57. The van der Waals surface area contributed by atoms with Gasteiger partial charge in [-0.2, -0.15) is 5.26 Å². The molecule has 0 atom stereocenters. The standard InChI is InChI=1S/C17H21ClN4O/c18-6-7-20-17(23)16(12-19)14-22-10-8-21(9-11-22)13-15-4-2-1-3-5-15/h1-5,14H,6-11,13H2,(H,20,23)/b16-14-. The summed E-state index contributed by atoms with van der Waals surface area (Å²) >= 11 is 5.53. The van der Waals surface area contributed by atoms with Crippen LogP contribution in [-0.4, -0.2) is 54.3 Å². The lowest BCUT2D eigenvalue weighted by atomic mass is 10.2. The molecule has 0 spiro atoms. The summed E-state index contributed by atoms with van der Waals surface area (Å²) in [6, 6.07) is 12.3. The summed E-state index contributed by atoms with van der Waals surface area (Å²) in [4.78, 5) is 16.2. The molecular weight excluding hydrogens is 312 g/mol. The second-order valence-corrected chi connectivity index (χ2v) is 5.78. The van der Waals surface area contributed by atoms with Gasteiger partial charge in [-0.15, -0.1) is 11.6 Å². The number of carbonyl (C=O) groups excluding carboxylic acids is 1. The van der Waals surface area contributed by atoms with Crippen molar-refractivity contribution in [2.75, 3.05) is 38.6 Å². The highest BCUT2D eigenvalue weighted by atomic mass is 35.5. The molecule has 0 unspecified atom stereocenters. The Morgan fingerprint density at radius 1 is 1.26 bits per heavy atom. The molecule has 1 N–H and O–H groups in total. The van der Waals surface area contributed by atoms with Crippen LogP contribution in [0.1, 0.15) is 5.56 Å². The number of halogens is 1. The number of nitrogens with zero attached hydrogens (tertiary/aromatic N) is 3. The summed E-state index contributed by atoms with van der Waals surface area (Å²) in [5, 5.41) is 11.7. The first-order valence-corrected chi connectivity index (χ1v) is 8.23. The minimum Gasteiger partial charge on any atom is -0.374 e. The molecule has 1 aromatic carbocycles. The monoisotopic (exact) mass is 332 g/mol. The van der Waals surface area contributed by atoms with Crippen molar-refractivity contribution in [1.82, 2.24) is 15.1 Å². The van der Waals surface area contributed by atoms with Crippen LogP contribution in [0.3, 0.4) is 0 Å². The van der Waals surface area contributed by atoms with Gasteiger partial charge in [0.1, 0.15) is 11.6 Å². The van der Waals surface area contributed by atoms with Crippen LogP contribution < -0.4 is 5.32 Å². The van der Waals surface area contributed by atoms with Gasteiger partial charge in [0, 0.05) is 51.3 Å². The van der Waals surface area contributed by atoms with Crippen LogP contribution in [0, 0.1) is 11.3 Å². The zero-order chi connectivity index (χ0) is 16.5. The van der Waals surface area contributed by atoms with E-state index >= 15 is 0 Å². The minimum atomic E-state index is -0.361. The zero-order valence-corrected chi connectivity index (χ0v) is 13.8. The quantitative estimate of drug-likeness (QED) is 0.488. The second-order valence-electron chi connectivity index (χ2n) is 5.40.